The minimum atomic E-state index is -1.02. The van der Waals surface area contributed by atoms with Crippen molar-refractivity contribution in [2.45, 2.75) is 65.5 Å². The first-order valence-electron chi connectivity index (χ1n) is 13.4. The van der Waals surface area contributed by atoms with Gasteiger partial charge in [-0.2, -0.15) is 5.10 Å². The van der Waals surface area contributed by atoms with Crippen LogP contribution in [0.1, 0.15) is 67.0 Å². The van der Waals surface area contributed by atoms with Crippen molar-refractivity contribution in [1.82, 2.24) is 14.3 Å². The Balaban J connectivity index is 1.45. The van der Waals surface area contributed by atoms with Gasteiger partial charge in [0, 0.05) is 13.0 Å². The van der Waals surface area contributed by atoms with E-state index in [0.717, 1.165) is 40.9 Å². The molecule has 1 heterocycles. The zero-order valence-electron chi connectivity index (χ0n) is 23.4. The third kappa shape index (κ3) is 6.48. The van der Waals surface area contributed by atoms with E-state index in [1.807, 2.05) is 25.1 Å². The summed E-state index contributed by atoms with van der Waals surface area (Å²) in [4.78, 5) is 24.6. The number of hydrogen-bond donors (Lipinski definition) is 1. The third-order valence-electron chi connectivity index (χ3n) is 7.02. The van der Waals surface area contributed by atoms with E-state index < -0.39 is 5.97 Å². The van der Waals surface area contributed by atoms with E-state index in [4.69, 9.17) is 4.74 Å². The predicted octanol–water partition coefficient (Wildman–Crippen LogP) is 5.96. The Kier molecular flexibility index (Phi) is 8.38. The number of aromatic nitrogens is 3. The number of methoxy groups -OCH3 is 1. The van der Waals surface area contributed by atoms with Gasteiger partial charge < -0.3 is 9.84 Å². The van der Waals surface area contributed by atoms with Crippen LogP contribution < -0.4 is 10.4 Å². The first-order valence-corrected chi connectivity index (χ1v) is 13.4. The van der Waals surface area contributed by atoms with Crippen LogP contribution in [-0.4, -0.2) is 32.5 Å². The third-order valence-corrected chi connectivity index (χ3v) is 7.02. The van der Waals surface area contributed by atoms with E-state index in [-0.39, 0.29) is 16.7 Å². The molecule has 0 fully saturated rings. The molecular weight excluding hydrogens is 490 g/mol. The molecule has 204 valence electrons. The summed E-state index contributed by atoms with van der Waals surface area (Å²) in [6.07, 6.45) is 2.34. The standard InChI is InChI=1S/C32H37N3O4/c1-6-34-29(33-35(31(34)38)21-23-13-16-26(17-14-23)32(2,3)4)12-8-10-22-9-7-11-24(19-22)25-15-18-28(39-5)27(20-25)30(36)37/h7,9,11,13-20H,6,8,10,12,21H2,1-5H3,(H,36,37). The second-order valence-electron chi connectivity index (χ2n) is 10.8. The smallest absolute Gasteiger partial charge is 0.346 e. The van der Waals surface area contributed by atoms with E-state index in [9.17, 15) is 14.7 Å². The van der Waals surface area contributed by atoms with Gasteiger partial charge >= 0.3 is 11.7 Å². The van der Waals surface area contributed by atoms with Gasteiger partial charge in [-0.3, -0.25) is 4.57 Å². The second-order valence-corrected chi connectivity index (χ2v) is 10.8. The number of nitrogens with zero attached hydrogens (tertiary/aromatic N) is 3. The van der Waals surface area contributed by atoms with E-state index in [1.54, 1.807) is 21.4 Å². The van der Waals surface area contributed by atoms with Gasteiger partial charge in [-0.25, -0.2) is 14.3 Å². The number of aryl methyl sites for hydroxylation is 2. The average Bonchev–Trinajstić information content (AvgIpc) is 3.21. The van der Waals surface area contributed by atoms with Crippen molar-refractivity contribution in [3.8, 4) is 16.9 Å². The van der Waals surface area contributed by atoms with Gasteiger partial charge in [-0.15, -0.1) is 0 Å². The van der Waals surface area contributed by atoms with Crippen molar-refractivity contribution in [2.24, 2.45) is 0 Å². The largest absolute Gasteiger partial charge is 0.496 e. The summed E-state index contributed by atoms with van der Waals surface area (Å²) in [5.74, 6) is 0.116. The molecule has 0 aliphatic heterocycles. The number of ether oxygens (including phenoxy) is 1. The summed E-state index contributed by atoms with van der Waals surface area (Å²) in [6, 6.07) is 21.7. The summed E-state index contributed by atoms with van der Waals surface area (Å²) in [5, 5.41) is 14.2. The van der Waals surface area contributed by atoms with Crippen LogP contribution in [0.4, 0.5) is 0 Å². The summed E-state index contributed by atoms with van der Waals surface area (Å²) in [6.45, 7) is 9.56. The maximum atomic E-state index is 13.0. The molecule has 3 aromatic carbocycles. The minimum absolute atomic E-state index is 0.0804. The molecule has 0 unspecified atom stereocenters. The highest BCUT2D eigenvalue weighted by Gasteiger charge is 2.16. The molecule has 4 aromatic rings. The van der Waals surface area contributed by atoms with Crippen molar-refractivity contribution >= 4 is 5.97 Å². The quantitative estimate of drug-likeness (QED) is 0.275. The van der Waals surface area contributed by atoms with Crippen molar-refractivity contribution in [3.05, 3.63) is 105 Å². The van der Waals surface area contributed by atoms with E-state index >= 15 is 0 Å². The van der Waals surface area contributed by atoms with Crippen LogP contribution in [0.25, 0.3) is 11.1 Å². The number of benzene rings is 3. The maximum absolute atomic E-state index is 13.0. The van der Waals surface area contributed by atoms with Crippen LogP contribution in [0.3, 0.4) is 0 Å². The molecule has 39 heavy (non-hydrogen) atoms. The monoisotopic (exact) mass is 527 g/mol. The first-order chi connectivity index (χ1) is 18.6. The van der Waals surface area contributed by atoms with Gasteiger partial charge in [-0.05, 0) is 65.1 Å². The predicted molar refractivity (Wildman–Crippen MR) is 154 cm³/mol. The number of rotatable bonds is 10. The molecule has 0 spiro atoms. The van der Waals surface area contributed by atoms with Crippen molar-refractivity contribution in [2.75, 3.05) is 7.11 Å². The van der Waals surface area contributed by atoms with Gasteiger partial charge in [0.25, 0.3) is 0 Å². The fourth-order valence-electron chi connectivity index (χ4n) is 4.79. The van der Waals surface area contributed by atoms with Crippen LogP contribution in [0.2, 0.25) is 0 Å². The SMILES string of the molecule is CCn1c(CCCc2cccc(-c3ccc(OC)c(C(=O)O)c3)c2)nn(Cc2ccc(C(C)(C)C)cc2)c1=O. The van der Waals surface area contributed by atoms with Gasteiger partial charge in [0.1, 0.15) is 17.1 Å². The van der Waals surface area contributed by atoms with Crippen LogP contribution in [0.15, 0.2) is 71.5 Å². The minimum Gasteiger partial charge on any atom is -0.496 e. The van der Waals surface area contributed by atoms with Crippen LogP contribution >= 0.6 is 0 Å². The first kappa shape index (κ1) is 27.9. The molecule has 7 nitrogen and oxygen atoms in total. The van der Waals surface area contributed by atoms with Crippen LogP contribution in [0, 0.1) is 0 Å². The van der Waals surface area contributed by atoms with Crippen LogP contribution in [-0.2, 0) is 31.3 Å². The number of carboxylic acids is 1. The molecular formula is C32H37N3O4. The molecule has 0 radical (unpaired) electrons. The molecule has 0 atom stereocenters. The Morgan fingerprint density at radius 2 is 1.67 bits per heavy atom. The second kappa shape index (κ2) is 11.7. The highest BCUT2D eigenvalue weighted by Crippen LogP contribution is 2.28. The molecule has 0 saturated carbocycles. The number of carboxylic acid groups (broad SMARTS) is 1. The maximum Gasteiger partial charge on any atom is 0.346 e. The summed E-state index contributed by atoms with van der Waals surface area (Å²) in [5.41, 5.74) is 5.37. The molecule has 0 aliphatic rings. The Labute approximate surface area is 229 Å². The Morgan fingerprint density at radius 1 is 0.949 bits per heavy atom. The van der Waals surface area contributed by atoms with Gasteiger partial charge in [0.2, 0.25) is 0 Å². The normalized spacial score (nSPS) is 11.5. The van der Waals surface area contributed by atoms with Crippen molar-refractivity contribution < 1.29 is 14.6 Å². The van der Waals surface area contributed by atoms with E-state index in [1.165, 1.54) is 12.7 Å². The fourth-order valence-corrected chi connectivity index (χ4v) is 4.79. The molecule has 0 bridgehead atoms. The molecule has 7 heteroatoms. The molecule has 1 aromatic heterocycles. The molecule has 0 saturated heterocycles. The molecule has 0 amide bonds. The highest BCUT2D eigenvalue weighted by atomic mass is 16.5. The Hall–Kier alpha value is -4.13. The molecule has 1 N–H and O–H groups in total. The highest BCUT2D eigenvalue weighted by molar-refractivity contribution is 5.92. The average molecular weight is 528 g/mol. The molecule has 4 rings (SSSR count). The Morgan fingerprint density at radius 3 is 2.31 bits per heavy atom. The van der Waals surface area contributed by atoms with E-state index in [2.05, 4.69) is 62.3 Å². The zero-order chi connectivity index (χ0) is 28.2. The lowest BCUT2D eigenvalue weighted by Crippen LogP contribution is -2.25. The summed E-state index contributed by atoms with van der Waals surface area (Å²) >= 11 is 0. The lowest BCUT2D eigenvalue weighted by atomic mass is 9.87. The lowest BCUT2D eigenvalue weighted by molar-refractivity contribution is 0.0693. The van der Waals surface area contributed by atoms with Gasteiger partial charge in [-0.1, -0.05) is 75.4 Å². The number of carbonyl (C=O) groups is 1. The van der Waals surface area contributed by atoms with Crippen molar-refractivity contribution in [3.63, 3.8) is 0 Å². The number of hydrogen-bond acceptors (Lipinski definition) is 4. The summed E-state index contributed by atoms with van der Waals surface area (Å²) in [7, 11) is 1.47. The topological polar surface area (TPSA) is 86.3 Å². The fraction of sp³-hybridized carbons (Fsp3) is 0.344. The van der Waals surface area contributed by atoms with Gasteiger partial charge in [0.15, 0.2) is 0 Å². The number of aromatic carboxylic acids is 1. The summed E-state index contributed by atoms with van der Waals surface area (Å²) < 4.78 is 8.50. The zero-order valence-corrected chi connectivity index (χ0v) is 23.4. The van der Waals surface area contributed by atoms with Crippen LogP contribution in [0.5, 0.6) is 5.75 Å². The molecule has 0 aliphatic carbocycles. The van der Waals surface area contributed by atoms with Gasteiger partial charge in [0.05, 0.1) is 13.7 Å². The van der Waals surface area contributed by atoms with Crippen molar-refractivity contribution in [1.29, 1.82) is 0 Å². The lowest BCUT2D eigenvalue weighted by Gasteiger charge is -2.19. The Bertz CT molecular complexity index is 1510. The van der Waals surface area contributed by atoms with E-state index in [0.29, 0.717) is 25.3 Å².